The summed E-state index contributed by atoms with van der Waals surface area (Å²) in [6.45, 7) is 9.64. The molecular weight excluding hydrogens is 710 g/mol. The molecule has 1 unspecified atom stereocenters. The van der Waals surface area contributed by atoms with Gasteiger partial charge in [-0.25, -0.2) is 0 Å². The topological polar surface area (TPSA) is 116 Å². The molecule has 48 heavy (non-hydrogen) atoms. The lowest BCUT2D eigenvalue weighted by Gasteiger charge is -2.32. The van der Waals surface area contributed by atoms with E-state index >= 15 is 0 Å². The van der Waals surface area contributed by atoms with Crippen LogP contribution in [0.1, 0.15) is 113 Å². The standard InChI is InChI=1S/C35H45Cl2N3O5S3/c1-5-38-32(43)46-26-20-23(30(47-33(44)39-6-2)29(37)28(26)21-13-9-10-14-21)27(31(41)42)22-15-16-24(25(36)19-22)35(17-11-12-18-35)48-34(45)40(7-3)8-4/h15-16,19-21,27H,5-14,17-18H2,1-4H3,(H,38,43)(H,39,44)(H,41,42). The molecule has 0 spiro atoms. The minimum absolute atomic E-state index is 0.00612. The maximum Gasteiger partial charge on any atom is 0.315 e. The molecule has 3 N–H and O–H groups in total. The Balaban J connectivity index is 1.87. The highest BCUT2D eigenvalue weighted by Crippen LogP contribution is 2.54. The first-order valence-electron chi connectivity index (χ1n) is 16.8. The van der Waals surface area contributed by atoms with Gasteiger partial charge in [-0.2, -0.15) is 0 Å². The van der Waals surface area contributed by atoms with Crippen molar-refractivity contribution in [2.24, 2.45) is 0 Å². The van der Waals surface area contributed by atoms with Crippen molar-refractivity contribution >= 4 is 80.2 Å². The smallest absolute Gasteiger partial charge is 0.315 e. The Morgan fingerprint density at radius 1 is 0.917 bits per heavy atom. The quantitative estimate of drug-likeness (QED) is 0.184. The van der Waals surface area contributed by atoms with Gasteiger partial charge >= 0.3 is 5.97 Å². The van der Waals surface area contributed by atoms with Crippen LogP contribution in [-0.2, 0) is 9.54 Å². The van der Waals surface area contributed by atoms with E-state index in [1.165, 1.54) is 11.8 Å². The first-order chi connectivity index (χ1) is 23.0. The van der Waals surface area contributed by atoms with E-state index in [0.29, 0.717) is 57.1 Å². The summed E-state index contributed by atoms with van der Waals surface area (Å²) < 4.78 is -0.504. The molecule has 13 heteroatoms. The van der Waals surface area contributed by atoms with Crippen LogP contribution < -0.4 is 10.6 Å². The normalized spacial score (nSPS) is 16.5. The van der Waals surface area contributed by atoms with E-state index in [9.17, 15) is 24.3 Å². The van der Waals surface area contributed by atoms with Crippen molar-refractivity contribution < 1.29 is 24.3 Å². The number of amides is 3. The Kier molecular flexibility index (Phi) is 14.3. The number of carboxylic acids is 1. The number of hydrogen-bond donors (Lipinski definition) is 3. The van der Waals surface area contributed by atoms with Crippen LogP contribution in [0.15, 0.2) is 34.1 Å². The molecule has 2 saturated carbocycles. The van der Waals surface area contributed by atoms with Gasteiger partial charge < -0.3 is 20.6 Å². The largest absolute Gasteiger partial charge is 0.481 e. The van der Waals surface area contributed by atoms with Gasteiger partial charge in [-0.3, -0.25) is 19.2 Å². The fraction of sp³-hybridized carbons (Fsp3) is 0.543. The van der Waals surface area contributed by atoms with Crippen molar-refractivity contribution in [3.63, 3.8) is 0 Å². The third-order valence-corrected chi connectivity index (χ3v) is 13.3. The number of nitrogens with zero attached hydrogens (tertiary/aromatic N) is 1. The van der Waals surface area contributed by atoms with Crippen molar-refractivity contribution in [1.29, 1.82) is 0 Å². The van der Waals surface area contributed by atoms with E-state index in [1.54, 1.807) is 23.1 Å². The van der Waals surface area contributed by atoms with Gasteiger partial charge in [0.1, 0.15) is 5.92 Å². The van der Waals surface area contributed by atoms with Crippen LogP contribution >= 0.6 is 58.5 Å². The van der Waals surface area contributed by atoms with Crippen molar-refractivity contribution in [2.45, 2.75) is 105 Å². The van der Waals surface area contributed by atoms with Crippen LogP contribution in [0.2, 0.25) is 10.0 Å². The number of carbonyl (C=O) groups is 4. The molecule has 1 atom stereocenters. The molecule has 2 fully saturated rings. The molecule has 3 amide bonds. The van der Waals surface area contributed by atoms with E-state index in [-0.39, 0.29) is 21.6 Å². The maximum atomic E-state index is 13.3. The zero-order valence-electron chi connectivity index (χ0n) is 28.0. The van der Waals surface area contributed by atoms with E-state index < -0.39 is 16.6 Å². The minimum atomic E-state index is -1.23. The number of benzene rings is 2. The second-order valence-corrected chi connectivity index (χ2v) is 16.2. The van der Waals surface area contributed by atoms with Crippen LogP contribution in [0.25, 0.3) is 0 Å². The molecule has 2 aromatic rings. The van der Waals surface area contributed by atoms with Gasteiger partial charge in [0.15, 0.2) is 0 Å². The monoisotopic (exact) mass is 753 g/mol. The van der Waals surface area contributed by atoms with Gasteiger partial charge in [0, 0.05) is 41.0 Å². The molecule has 0 aliphatic heterocycles. The fourth-order valence-electron chi connectivity index (χ4n) is 6.81. The molecule has 2 aliphatic carbocycles. The predicted molar refractivity (Wildman–Crippen MR) is 200 cm³/mol. The summed E-state index contributed by atoms with van der Waals surface area (Å²) in [5.74, 6) is -2.29. The van der Waals surface area contributed by atoms with E-state index in [4.69, 9.17) is 23.2 Å². The van der Waals surface area contributed by atoms with Crippen molar-refractivity contribution in [3.8, 4) is 0 Å². The summed E-state index contributed by atoms with van der Waals surface area (Å²) in [6.07, 6.45) is 7.34. The van der Waals surface area contributed by atoms with E-state index in [2.05, 4.69) is 10.6 Å². The lowest BCUT2D eigenvalue weighted by atomic mass is 9.86. The summed E-state index contributed by atoms with van der Waals surface area (Å²) >= 11 is 17.4. The number of carboxylic acid groups (broad SMARTS) is 1. The molecule has 8 nitrogen and oxygen atoms in total. The highest BCUT2D eigenvalue weighted by molar-refractivity contribution is 8.14. The van der Waals surface area contributed by atoms with Gasteiger partial charge in [-0.1, -0.05) is 72.8 Å². The van der Waals surface area contributed by atoms with Crippen LogP contribution in [-0.4, -0.2) is 57.9 Å². The second kappa shape index (κ2) is 17.7. The minimum Gasteiger partial charge on any atom is -0.481 e. The summed E-state index contributed by atoms with van der Waals surface area (Å²) in [5, 5.41) is 16.5. The first-order valence-corrected chi connectivity index (χ1v) is 20.0. The lowest BCUT2D eigenvalue weighted by Crippen LogP contribution is -2.31. The number of carbonyl (C=O) groups excluding carboxylic acids is 3. The molecule has 0 bridgehead atoms. The van der Waals surface area contributed by atoms with Crippen LogP contribution in [0, 0.1) is 0 Å². The zero-order valence-corrected chi connectivity index (χ0v) is 31.9. The Bertz CT molecular complexity index is 1510. The number of hydrogen-bond acceptors (Lipinski definition) is 7. The summed E-state index contributed by atoms with van der Waals surface area (Å²) in [5.41, 5.74) is 2.35. The van der Waals surface area contributed by atoms with Crippen LogP contribution in [0.4, 0.5) is 14.4 Å². The molecule has 0 aromatic heterocycles. The Labute approximate surface area is 306 Å². The van der Waals surface area contributed by atoms with Gasteiger partial charge in [0.05, 0.1) is 9.77 Å². The fourth-order valence-corrected chi connectivity index (χ4v) is 11.2. The number of thioether (sulfide) groups is 3. The SMILES string of the molecule is CCNC(=O)Sc1cc(C(C(=O)O)c2ccc(C3(SC(=O)N(CC)CC)CCCC3)c(Cl)c2)c(SC(=O)NCC)c(Cl)c1C1CCCC1. The Morgan fingerprint density at radius 2 is 1.52 bits per heavy atom. The van der Waals surface area contributed by atoms with Gasteiger partial charge in [0.25, 0.3) is 15.7 Å². The third kappa shape index (κ3) is 8.81. The van der Waals surface area contributed by atoms with Crippen molar-refractivity contribution in [2.75, 3.05) is 26.2 Å². The molecular formula is C35H45Cl2N3O5S3. The molecule has 4 rings (SSSR count). The zero-order chi connectivity index (χ0) is 35.0. The maximum absolute atomic E-state index is 13.3. The van der Waals surface area contributed by atoms with Crippen LogP contribution in [0.3, 0.4) is 0 Å². The first kappa shape index (κ1) is 38.7. The third-order valence-electron chi connectivity index (χ3n) is 9.14. The molecule has 2 aliphatic rings. The number of rotatable bonds is 12. The molecule has 2 aromatic carbocycles. The molecule has 0 radical (unpaired) electrons. The number of nitrogens with one attached hydrogen (secondary N) is 2. The van der Waals surface area contributed by atoms with Crippen molar-refractivity contribution in [1.82, 2.24) is 15.5 Å². The second-order valence-electron chi connectivity index (χ2n) is 12.1. The Morgan fingerprint density at radius 3 is 2.06 bits per heavy atom. The summed E-state index contributed by atoms with van der Waals surface area (Å²) in [4.78, 5) is 55.2. The highest BCUT2D eigenvalue weighted by Gasteiger charge is 2.42. The number of halogens is 2. The van der Waals surface area contributed by atoms with Gasteiger partial charge in [0.2, 0.25) is 0 Å². The van der Waals surface area contributed by atoms with Crippen LogP contribution in [0.5, 0.6) is 0 Å². The van der Waals surface area contributed by atoms with E-state index in [0.717, 1.165) is 86.0 Å². The average molecular weight is 755 g/mol. The predicted octanol–water partition coefficient (Wildman–Crippen LogP) is 10.5. The van der Waals surface area contributed by atoms with Gasteiger partial charge in [-0.05, 0) is 117 Å². The van der Waals surface area contributed by atoms with Crippen molar-refractivity contribution in [3.05, 3.63) is 56.6 Å². The lowest BCUT2D eigenvalue weighted by molar-refractivity contribution is -0.137. The molecule has 262 valence electrons. The summed E-state index contributed by atoms with van der Waals surface area (Å²) in [7, 11) is 0. The van der Waals surface area contributed by atoms with E-state index in [1.807, 2.05) is 33.8 Å². The molecule has 0 saturated heterocycles. The molecule has 0 heterocycles. The Hall–Kier alpha value is -2.05. The average Bonchev–Trinajstić information content (AvgIpc) is 3.73. The summed E-state index contributed by atoms with van der Waals surface area (Å²) in [6, 6.07) is 7.03. The number of aliphatic carboxylic acids is 1. The van der Waals surface area contributed by atoms with Gasteiger partial charge in [-0.15, -0.1) is 0 Å². The highest BCUT2D eigenvalue weighted by atomic mass is 35.5.